The standard InChI is InChI=1S/C14H22O2/c1-4-13(5-2)14(11(15)16-13)10-8-6-7-9-12(10,14)3/h10H,4-9H2,1-3H3/t10-,12+,14-/m1/s1. The zero-order chi connectivity index (χ0) is 11.6. The van der Waals surface area contributed by atoms with Crippen molar-refractivity contribution in [3.8, 4) is 0 Å². The molecule has 0 amide bonds. The van der Waals surface area contributed by atoms with E-state index in [0.717, 1.165) is 12.8 Å². The van der Waals surface area contributed by atoms with Crippen molar-refractivity contribution >= 4 is 5.97 Å². The third kappa shape index (κ3) is 0.761. The summed E-state index contributed by atoms with van der Waals surface area (Å²) < 4.78 is 5.62. The number of ether oxygens (including phenoxy) is 1. The van der Waals surface area contributed by atoms with Gasteiger partial charge in [0.05, 0.1) is 0 Å². The molecule has 0 aromatic carbocycles. The molecule has 3 fully saturated rings. The lowest BCUT2D eigenvalue weighted by atomic mass is 9.69. The van der Waals surface area contributed by atoms with Crippen LogP contribution in [-0.2, 0) is 9.53 Å². The number of carbonyl (C=O) groups excluding carboxylic acids is 1. The molecule has 1 aliphatic heterocycles. The summed E-state index contributed by atoms with van der Waals surface area (Å²) in [5.41, 5.74) is 0.0699. The Morgan fingerprint density at radius 2 is 2.00 bits per heavy atom. The van der Waals surface area contributed by atoms with Crippen molar-refractivity contribution in [3.63, 3.8) is 0 Å². The molecule has 0 radical (unpaired) electrons. The normalized spacial score (nSPS) is 48.2. The first-order valence-electron chi connectivity index (χ1n) is 6.82. The van der Waals surface area contributed by atoms with E-state index >= 15 is 0 Å². The van der Waals surface area contributed by atoms with Crippen LogP contribution in [0.2, 0.25) is 0 Å². The van der Waals surface area contributed by atoms with Gasteiger partial charge in [-0.15, -0.1) is 0 Å². The summed E-state index contributed by atoms with van der Waals surface area (Å²) in [5.74, 6) is 0.737. The minimum Gasteiger partial charge on any atom is -0.457 e. The van der Waals surface area contributed by atoms with Crippen LogP contribution in [0.3, 0.4) is 0 Å². The second-order valence-corrected chi connectivity index (χ2v) is 6.11. The first-order valence-corrected chi connectivity index (χ1v) is 6.82. The van der Waals surface area contributed by atoms with Gasteiger partial charge in [-0.3, -0.25) is 4.79 Å². The van der Waals surface area contributed by atoms with E-state index in [4.69, 9.17) is 4.74 Å². The molecule has 2 saturated carbocycles. The number of hydrogen-bond acceptors (Lipinski definition) is 2. The van der Waals surface area contributed by atoms with Gasteiger partial charge in [-0.1, -0.05) is 33.6 Å². The minimum atomic E-state index is -0.117. The number of fused-ring (bicyclic) bond motifs is 3. The molecule has 1 saturated heterocycles. The summed E-state index contributed by atoms with van der Waals surface area (Å²) in [6.07, 6.45) is 7.05. The van der Waals surface area contributed by atoms with E-state index in [1.165, 1.54) is 25.7 Å². The van der Waals surface area contributed by atoms with Gasteiger partial charge < -0.3 is 4.74 Å². The molecule has 3 rings (SSSR count). The lowest BCUT2D eigenvalue weighted by molar-refractivity contribution is -0.231. The van der Waals surface area contributed by atoms with E-state index in [9.17, 15) is 4.79 Å². The van der Waals surface area contributed by atoms with Crippen LogP contribution in [0.25, 0.3) is 0 Å². The first kappa shape index (κ1) is 10.6. The van der Waals surface area contributed by atoms with Crippen molar-refractivity contribution in [1.82, 2.24) is 0 Å². The van der Waals surface area contributed by atoms with Crippen LogP contribution in [0.5, 0.6) is 0 Å². The van der Waals surface area contributed by atoms with Gasteiger partial charge in [0.1, 0.15) is 11.0 Å². The molecule has 3 atom stereocenters. The van der Waals surface area contributed by atoms with Crippen LogP contribution in [-0.4, -0.2) is 11.6 Å². The van der Waals surface area contributed by atoms with Gasteiger partial charge in [0, 0.05) is 0 Å². The summed E-state index contributed by atoms with van der Waals surface area (Å²) in [7, 11) is 0. The second kappa shape index (κ2) is 2.83. The van der Waals surface area contributed by atoms with Crippen molar-refractivity contribution in [2.24, 2.45) is 16.7 Å². The number of rotatable bonds is 2. The van der Waals surface area contributed by atoms with E-state index < -0.39 is 0 Å². The fourth-order valence-electron chi connectivity index (χ4n) is 5.17. The van der Waals surface area contributed by atoms with Crippen LogP contribution in [0.15, 0.2) is 0 Å². The number of carbonyl (C=O) groups is 1. The maximum absolute atomic E-state index is 12.1. The smallest absolute Gasteiger partial charge is 0.317 e. The fraction of sp³-hybridized carbons (Fsp3) is 0.929. The molecule has 0 aromatic heterocycles. The molecule has 2 heteroatoms. The molecule has 0 N–H and O–H groups in total. The molecule has 1 spiro atoms. The van der Waals surface area contributed by atoms with Crippen molar-refractivity contribution in [3.05, 3.63) is 0 Å². The molecule has 16 heavy (non-hydrogen) atoms. The molecule has 2 aliphatic carbocycles. The summed E-state index contributed by atoms with van der Waals surface area (Å²) >= 11 is 0. The molecule has 0 unspecified atom stereocenters. The number of hydrogen-bond donors (Lipinski definition) is 0. The molecule has 3 aliphatic rings. The maximum atomic E-state index is 12.1. The van der Waals surface area contributed by atoms with Crippen LogP contribution in [0.1, 0.15) is 59.3 Å². The highest BCUT2D eigenvalue weighted by molar-refractivity contribution is 5.91. The zero-order valence-electron chi connectivity index (χ0n) is 10.6. The van der Waals surface area contributed by atoms with Crippen LogP contribution < -0.4 is 0 Å². The monoisotopic (exact) mass is 222 g/mol. The van der Waals surface area contributed by atoms with Crippen LogP contribution in [0, 0.1) is 16.7 Å². The Morgan fingerprint density at radius 3 is 2.44 bits per heavy atom. The van der Waals surface area contributed by atoms with Crippen LogP contribution in [0.4, 0.5) is 0 Å². The molecule has 2 nitrogen and oxygen atoms in total. The Labute approximate surface area is 97.7 Å². The predicted molar refractivity (Wildman–Crippen MR) is 61.9 cm³/mol. The van der Waals surface area contributed by atoms with Crippen LogP contribution >= 0.6 is 0 Å². The topological polar surface area (TPSA) is 26.3 Å². The Bertz CT molecular complexity index is 345. The molecule has 1 heterocycles. The highest BCUT2D eigenvalue weighted by Gasteiger charge is 2.90. The van der Waals surface area contributed by atoms with Gasteiger partial charge in [0.15, 0.2) is 0 Å². The average Bonchev–Trinajstić information content (AvgIpc) is 2.89. The van der Waals surface area contributed by atoms with E-state index in [2.05, 4.69) is 20.8 Å². The SMILES string of the molecule is CCC1(CC)OC(=O)[C@@]12[C@@H]1CCCC[C@@]12C. The highest BCUT2D eigenvalue weighted by atomic mass is 16.6. The molecule has 0 bridgehead atoms. The van der Waals surface area contributed by atoms with Crippen molar-refractivity contribution in [2.75, 3.05) is 0 Å². The summed E-state index contributed by atoms with van der Waals surface area (Å²) in [5, 5.41) is 0. The van der Waals surface area contributed by atoms with E-state index in [1.807, 2.05) is 0 Å². The first-order chi connectivity index (χ1) is 7.59. The molecular formula is C14H22O2. The Balaban J connectivity index is 2.02. The molecule has 90 valence electrons. The Morgan fingerprint density at radius 1 is 1.31 bits per heavy atom. The van der Waals surface area contributed by atoms with Crippen molar-refractivity contribution in [2.45, 2.75) is 64.9 Å². The van der Waals surface area contributed by atoms with Crippen molar-refractivity contribution < 1.29 is 9.53 Å². The lowest BCUT2D eigenvalue weighted by Gasteiger charge is -2.50. The zero-order valence-corrected chi connectivity index (χ0v) is 10.6. The van der Waals surface area contributed by atoms with Gasteiger partial charge in [-0.2, -0.15) is 0 Å². The van der Waals surface area contributed by atoms with Gasteiger partial charge in [0.25, 0.3) is 0 Å². The number of cyclic esters (lactones) is 1. The molecule has 0 aromatic rings. The number of esters is 1. The predicted octanol–water partition coefficient (Wildman–Crippen LogP) is 3.30. The van der Waals surface area contributed by atoms with Gasteiger partial charge in [-0.25, -0.2) is 0 Å². The van der Waals surface area contributed by atoms with E-state index in [1.54, 1.807) is 0 Å². The van der Waals surface area contributed by atoms with Gasteiger partial charge in [0.2, 0.25) is 0 Å². The largest absolute Gasteiger partial charge is 0.457 e. The second-order valence-electron chi connectivity index (χ2n) is 6.11. The van der Waals surface area contributed by atoms with E-state index in [-0.39, 0.29) is 22.4 Å². The quantitative estimate of drug-likeness (QED) is 0.670. The van der Waals surface area contributed by atoms with Gasteiger partial charge in [-0.05, 0) is 37.0 Å². The third-order valence-corrected chi connectivity index (χ3v) is 6.02. The average molecular weight is 222 g/mol. The fourth-order valence-corrected chi connectivity index (χ4v) is 5.17. The third-order valence-electron chi connectivity index (χ3n) is 6.02. The van der Waals surface area contributed by atoms with E-state index in [0.29, 0.717) is 5.92 Å². The lowest BCUT2D eigenvalue weighted by Crippen LogP contribution is -2.61. The minimum absolute atomic E-state index is 0.0833. The maximum Gasteiger partial charge on any atom is 0.317 e. The Kier molecular flexibility index (Phi) is 1.88. The summed E-state index contributed by atoms with van der Waals surface area (Å²) in [4.78, 5) is 12.1. The van der Waals surface area contributed by atoms with Crippen molar-refractivity contribution in [1.29, 1.82) is 0 Å². The summed E-state index contributed by atoms with van der Waals surface area (Å²) in [6.45, 7) is 6.67. The molecular weight excluding hydrogens is 200 g/mol. The highest BCUT2D eigenvalue weighted by Crippen LogP contribution is 2.84. The Hall–Kier alpha value is -0.530. The van der Waals surface area contributed by atoms with Gasteiger partial charge >= 0.3 is 5.97 Å². The summed E-state index contributed by atoms with van der Waals surface area (Å²) in [6, 6.07) is 0.